The zero-order valence-electron chi connectivity index (χ0n) is 15.8. The molecule has 28 heavy (non-hydrogen) atoms. The largest absolute Gasteiger partial charge is 0.388 e. The molecule has 1 aromatic carbocycles. The van der Waals surface area contributed by atoms with Gasteiger partial charge in [0.2, 0.25) is 0 Å². The number of aromatic amines is 1. The molecule has 144 valence electrons. The lowest BCUT2D eigenvalue weighted by Crippen LogP contribution is -2.15. The molecular formula is C22H25N5O. The molecule has 6 heteroatoms. The van der Waals surface area contributed by atoms with Gasteiger partial charge in [-0.05, 0) is 56.1 Å². The summed E-state index contributed by atoms with van der Waals surface area (Å²) in [5, 5.41) is 20.3. The molecule has 0 aliphatic heterocycles. The molecule has 3 heterocycles. The molecule has 3 aromatic heterocycles. The van der Waals surface area contributed by atoms with Crippen LogP contribution in [0.15, 0.2) is 48.9 Å². The molecule has 2 N–H and O–H groups in total. The third-order valence-electron chi connectivity index (χ3n) is 6.26. The summed E-state index contributed by atoms with van der Waals surface area (Å²) in [5.74, 6) is 1.14. The normalized spacial score (nSPS) is 21.3. The summed E-state index contributed by atoms with van der Waals surface area (Å²) in [6.07, 6.45) is 9.86. The first-order valence-corrected chi connectivity index (χ1v) is 10.2. The second kappa shape index (κ2) is 7.36. The fourth-order valence-corrected chi connectivity index (χ4v) is 4.65. The molecule has 1 atom stereocenters. The fraction of sp³-hybridized carbons (Fsp3) is 0.409. The van der Waals surface area contributed by atoms with Crippen molar-refractivity contribution in [3.63, 3.8) is 0 Å². The second-order valence-corrected chi connectivity index (χ2v) is 7.97. The molecule has 1 saturated carbocycles. The van der Waals surface area contributed by atoms with E-state index in [4.69, 9.17) is 0 Å². The Morgan fingerprint density at radius 2 is 1.93 bits per heavy atom. The van der Waals surface area contributed by atoms with Crippen molar-refractivity contribution in [1.82, 2.24) is 24.8 Å². The van der Waals surface area contributed by atoms with Crippen LogP contribution in [0.2, 0.25) is 0 Å². The summed E-state index contributed by atoms with van der Waals surface area (Å²) in [6, 6.07) is 12.0. The van der Waals surface area contributed by atoms with Crippen molar-refractivity contribution in [3.8, 4) is 0 Å². The van der Waals surface area contributed by atoms with Crippen LogP contribution in [0.25, 0.3) is 16.6 Å². The SMILES string of the molecule is O[C@H](CCC1CCC(c2nnn3cnc4[nH]ccc4c23)CC1)c1ccccc1. The molecular weight excluding hydrogens is 350 g/mol. The first-order chi connectivity index (χ1) is 13.8. The van der Waals surface area contributed by atoms with E-state index in [9.17, 15) is 5.11 Å². The van der Waals surface area contributed by atoms with E-state index in [1.54, 1.807) is 10.8 Å². The standard InChI is InChI=1S/C22H25N5O/c28-19(16-4-2-1-3-5-16)11-8-15-6-9-17(10-7-15)20-21-18-12-13-23-22(18)24-14-27(21)26-25-20/h1-5,12-15,17,19,23,28H,6-11H2/t15?,17?,19-/m1/s1. The fourth-order valence-electron chi connectivity index (χ4n) is 4.65. The number of H-pyrrole nitrogens is 1. The Morgan fingerprint density at radius 3 is 2.75 bits per heavy atom. The van der Waals surface area contributed by atoms with Gasteiger partial charge in [0.1, 0.15) is 17.5 Å². The lowest BCUT2D eigenvalue weighted by Gasteiger charge is -2.28. The summed E-state index contributed by atoms with van der Waals surface area (Å²) < 4.78 is 1.80. The van der Waals surface area contributed by atoms with Crippen LogP contribution in [0.1, 0.15) is 61.8 Å². The van der Waals surface area contributed by atoms with Crippen LogP contribution >= 0.6 is 0 Å². The molecule has 0 bridgehead atoms. The molecule has 1 fully saturated rings. The van der Waals surface area contributed by atoms with Gasteiger partial charge >= 0.3 is 0 Å². The number of hydrogen-bond acceptors (Lipinski definition) is 4. The number of benzene rings is 1. The predicted octanol–water partition coefficient (Wildman–Crippen LogP) is 4.39. The van der Waals surface area contributed by atoms with E-state index in [0.717, 1.165) is 53.5 Å². The van der Waals surface area contributed by atoms with Gasteiger partial charge in [0.25, 0.3) is 0 Å². The van der Waals surface area contributed by atoms with E-state index in [1.807, 2.05) is 36.5 Å². The van der Waals surface area contributed by atoms with Gasteiger partial charge in [-0.2, -0.15) is 0 Å². The summed E-state index contributed by atoms with van der Waals surface area (Å²) in [4.78, 5) is 7.56. The number of nitrogens with one attached hydrogen (secondary N) is 1. The zero-order chi connectivity index (χ0) is 18.9. The Morgan fingerprint density at radius 1 is 1.11 bits per heavy atom. The van der Waals surface area contributed by atoms with Crippen molar-refractivity contribution in [2.75, 3.05) is 0 Å². The average molecular weight is 375 g/mol. The third-order valence-corrected chi connectivity index (χ3v) is 6.26. The van der Waals surface area contributed by atoms with E-state index in [0.29, 0.717) is 11.8 Å². The van der Waals surface area contributed by atoms with Crippen LogP contribution in [0, 0.1) is 5.92 Å². The van der Waals surface area contributed by atoms with E-state index in [-0.39, 0.29) is 6.10 Å². The molecule has 0 radical (unpaired) electrons. The van der Waals surface area contributed by atoms with Gasteiger partial charge in [0, 0.05) is 17.5 Å². The number of hydrogen-bond donors (Lipinski definition) is 2. The number of aliphatic hydroxyl groups is 1. The molecule has 0 spiro atoms. The second-order valence-electron chi connectivity index (χ2n) is 7.97. The Balaban J connectivity index is 1.24. The minimum Gasteiger partial charge on any atom is -0.388 e. The van der Waals surface area contributed by atoms with Crippen LogP contribution in [0.5, 0.6) is 0 Å². The highest BCUT2D eigenvalue weighted by Crippen LogP contribution is 2.39. The molecule has 6 nitrogen and oxygen atoms in total. The topological polar surface area (TPSA) is 79.1 Å². The van der Waals surface area contributed by atoms with E-state index in [1.165, 1.54) is 12.8 Å². The van der Waals surface area contributed by atoms with Crippen LogP contribution in [-0.2, 0) is 0 Å². The van der Waals surface area contributed by atoms with Crippen LogP contribution < -0.4 is 0 Å². The molecule has 4 aromatic rings. The summed E-state index contributed by atoms with van der Waals surface area (Å²) in [6.45, 7) is 0. The zero-order valence-corrected chi connectivity index (χ0v) is 15.8. The average Bonchev–Trinajstić information content (AvgIpc) is 3.39. The van der Waals surface area contributed by atoms with E-state index in [2.05, 4.69) is 26.3 Å². The number of fused-ring (bicyclic) bond motifs is 3. The van der Waals surface area contributed by atoms with Gasteiger partial charge in [-0.25, -0.2) is 9.50 Å². The molecule has 0 unspecified atom stereocenters. The number of rotatable bonds is 5. The van der Waals surface area contributed by atoms with Crippen molar-refractivity contribution in [2.45, 2.75) is 50.5 Å². The van der Waals surface area contributed by atoms with Crippen LogP contribution in [0.3, 0.4) is 0 Å². The maximum atomic E-state index is 10.4. The Hall–Kier alpha value is -2.73. The highest BCUT2D eigenvalue weighted by atomic mass is 16.3. The van der Waals surface area contributed by atoms with Crippen molar-refractivity contribution in [1.29, 1.82) is 0 Å². The van der Waals surface area contributed by atoms with Gasteiger partial charge in [-0.3, -0.25) is 0 Å². The lowest BCUT2D eigenvalue weighted by atomic mass is 9.78. The Kier molecular flexibility index (Phi) is 4.56. The van der Waals surface area contributed by atoms with Gasteiger partial charge in [0.05, 0.1) is 11.8 Å². The number of aromatic nitrogens is 5. The molecule has 0 amide bonds. The van der Waals surface area contributed by atoms with Crippen molar-refractivity contribution >= 4 is 16.6 Å². The number of aliphatic hydroxyl groups excluding tert-OH is 1. The third kappa shape index (κ3) is 3.18. The summed E-state index contributed by atoms with van der Waals surface area (Å²) >= 11 is 0. The molecule has 1 aliphatic rings. The maximum Gasteiger partial charge on any atom is 0.141 e. The first kappa shape index (κ1) is 17.4. The summed E-state index contributed by atoms with van der Waals surface area (Å²) in [7, 11) is 0. The first-order valence-electron chi connectivity index (χ1n) is 10.2. The van der Waals surface area contributed by atoms with Crippen molar-refractivity contribution in [3.05, 3.63) is 60.2 Å². The van der Waals surface area contributed by atoms with Gasteiger partial charge in [0.15, 0.2) is 0 Å². The quantitative estimate of drug-likeness (QED) is 0.542. The van der Waals surface area contributed by atoms with Crippen molar-refractivity contribution < 1.29 is 5.11 Å². The Labute approximate surface area is 163 Å². The van der Waals surface area contributed by atoms with Gasteiger partial charge in [-0.1, -0.05) is 35.5 Å². The lowest BCUT2D eigenvalue weighted by molar-refractivity contribution is 0.150. The van der Waals surface area contributed by atoms with Crippen LogP contribution in [-0.4, -0.2) is 29.9 Å². The van der Waals surface area contributed by atoms with Crippen molar-refractivity contribution in [2.24, 2.45) is 5.92 Å². The highest BCUT2D eigenvalue weighted by Gasteiger charge is 2.27. The monoisotopic (exact) mass is 375 g/mol. The molecule has 0 saturated heterocycles. The highest BCUT2D eigenvalue weighted by molar-refractivity contribution is 5.92. The van der Waals surface area contributed by atoms with Crippen LogP contribution in [0.4, 0.5) is 0 Å². The van der Waals surface area contributed by atoms with Gasteiger partial charge in [-0.15, -0.1) is 5.10 Å². The predicted molar refractivity (Wildman–Crippen MR) is 108 cm³/mol. The molecule has 1 aliphatic carbocycles. The minimum atomic E-state index is -0.352. The minimum absolute atomic E-state index is 0.352. The van der Waals surface area contributed by atoms with Gasteiger partial charge < -0.3 is 10.1 Å². The Bertz CT molecular complexity index is 1060. The van der Waals surface area contributed by atoms with E-state index >= 15 is 0 Å². The maximum absolute atomic E-state index is 10.4. The van der Waals surface area contributed by atoms with E-state index < -0.39 is 0 Å². The smallest absolute Gasteiger partial charge is 0.141 e. The molecule has 5 rings (SSSR count). The number of nitrogens with zero attached hydrogens (tertiary/aromatic N) is 4. The summed E-state index contributed by atoms with van der Waals surface area (Å²) in [5.41, 5.74) is 4.11.